The molecule has 4 nitrogen and oxygen atoms in total. The molecule has 1 aromatic carbocycles. The molecule has 98 valence electrons. The SMILES string of the molecule is CNc1ccc(-c2cc(C)c(OC)cn2)cc1C=N. The summed E-state index contributed by atoms with van der Waals surface area (Å²) in [7, 11) is 3.48. The molecular weight excluding hydrogens is 238 g/mol. The van der Waals surface area contributed by atoms with Crippen LogP contribution in [0.15, 0.2) is 30.5 Å². The maximum Gasteiger partial charge on any atom is 0.140 e. The molecule has 0 amide bonds. The van der Waals surface area contributed by atoms with E-state index in [1.807, 2.05) is 38.2 Å². The summed E-state index contributed by atoms with van der Waals surface area (Å²) >= 11 is 0. The fourth-order valence-electron chi connectivity index (χ4n) is 1.98. The largest absolute Gasteiger partial charge is 0.495 e. The highest BCUT2D eigenvalue weighted by atomic mass is 16.5. The lowest BCUT2D eigenvalue weighted by Gasteiger charge is -2.09. The Kier molecular flexibility index (Phi) is 3.80. The lowest BCUT2D eigenvalue weighted by molar-refractivity contribution is 0.410. The average Bonchev–Trinajstić information content (AvgIpc) is 2.46. The Morgan fingerprint density at radius 3 is 2.68 bits per heavy atom. The van der Waals surface area contributed by atoms with E-state index in [0.717, 1.165) is 33.8 Å². The predicted molar refractivity (Wildman–Crippen MR) is 78.4 cm³/mol. The minimum atomic E-state index is 0.780. The molecule has 1 heterocycles. The summed E-state index contributed by atoms with van der Waals surface area (Å²) in [5, 5.41) is 10.5. The molecular formula is C15H17N3O. The molecule has 0 aliphatic rings. The minimum absolute atomic E-state index is 0.780. The first-order valence-electron chi connectivity index (χ1n) is 6.03. The Balaban J connectivity index is 2.47. The van der Waals surface area contributed by atoms with Crippen LogP contribution in [0.5, 0.6) is 5.75 Å². The van der Waals surface area contributed by atoms with Crippen molar-refractivity contribution in [3.63, 3.8) is 0 Å². The van der Waals surface area contributed by atoms with E-state index in [-0.39, 0.29) is 0 Å². The van der Waals surface area contributed by atoms with Gasteiger partial charge in [0.05, 0.1) is 19.0 Å². The zero-order chi connectivity index (χ0) is 13.8. The Hall–Kier alpha value is -2.36. The number of anilines is 1. The van der Waals surface area contributed by atoms with Crippen molar-refractivity contribution in [1.82, 2.24) is 4.98 Å². The topological polar surface area (TPSA) is 58.0 Å². The van der Waals surface area contributed by atoms with Gasteiger partial charge in [-0.2, -0.15) is 0 Å². The molecule has 0 aliphatic carbocycles. The number of methoxy groups -OCH3 is 1. The van der Waals surface area contributed by atoms with Gasteiger partial charge in [-0.3, -0.25) is 4.98 Å². The molecule has 2 N–H and O–H groups in total. The number of aryl methyl sites for hydroxylation is 1. The van der Waals surface area contributed by atoms with E-state index >= 15 is 0 Å². The summed E-state index contributed by atoms with van der Waals surface area (Å²) in [5.41, 5.74) is 4.69. The molecule has 0 aliphatic heterocycles. The zero-order valence-electron chi connectivity index (χ0n) is 11.3. The van der Waals surface area contributed by atoms with Crippen molar-refractivity contribution < 1.29 is 4.74 Å². The Labute approximate surface area is 113 Å². The van der Waals surface area contributed by atoms with Crippen LogP contribution in [-0.4, -0.2) is 25.4 Å². The molecule has 0 spiro atoms. The van der Waals surface area contributed by atoms with E-state index in [1.54, 1.807) is 13.3 Å². The van der Waals surface area contributed by atoms with Crippen LogP contribution in [0.3, 0.4) is 0 Å². The van der Waals surface area contributed by atoms with Crippen LogP contribution < -0.4 is 10.1 Å². The van der Waals surface area contributed by atoms with Crippen LogP contribution in [0.4, 0.5) is 5.69 Å². The summed E-state index contributed by atoms with van der Waals surface area (Å²) in [5.74, 6) is 0.780. The average molecular weight is 255 g/mol. The highest BCUT2D eigenvalue weighted by Gasteiger charge is 2.06. The van der Waals surface area contributed by atoms with Gasteiger partial charge in [0.15, 0.2) is 0 Å². The molecule has 0 unspecified atom stereocenters. The molecule has 19 heavy (non-hydrogen) atoms. The molecule has 0 saturated carbocycles. The fourth-order valence-corrected chi connectivity index (χ4v) is 1.98. The Bertz CT molecular complexity index is 608. The number of pyridine rings is 1. The number of benzene rings is 1. The van der Waals surface area contributed by atoms with Crippen LogP contribution in [0.2, 0.25) is 0 Å². The van der Waals surface area contributed by atoms with Crippen LogP contribution in [0, 0.1) is 12.3 Å². The van der Waals surface area contributed by atoms with Crippen molar-refractivity contribution in [3.05, 3.63) is 41.6 Å². The molecule has 0 radical (unpaired) electrons. The highest BCUT2D eigenvalue weighted by Crippen LogP contribution is 2.26. The number of nitrogens with one attached hydrogen (secondary N) is 2. The maximum atomic E-state index is 7.45. The van der Waals surface area contributed by atoms with Gasteiger partial charge in [0.2, 0.25) is 0 Å². The van der Waals surface area contributed by atoms with Crippen molar-refractivity contribution in [1.29, 1.82) is 5.41 Å². The molecule has 0 atom stereocenters. The van der Waals surface area contributed by atoms with Gasteiger partial charge in [0, 0.05) is 30.1 Å². The third-order valence-corrected chi connectivity index (χ3v) is 3.05. The molecule has 2 aromatic rings. The van der Waals surface area contributed by atoms with Gasteiger partial charge in [-0.15, -0.1) is 0 Å². The van der Waals surface area contributed by atoms with Crippen molar-refractivity contribution in [2.24, 2.45) is 0 Å². The van der Waals surface area contributed by atoms with Crippen molar-refractivity contribution in [3.8, 4) is 17.0 Å². The van der Waals surface area contributed by atoms with E-state index in [4.69, 9.17) is 10.1 Å². The van der Waals surface area contributed by atoms with Crippen LogP contribution in [0.25, 0.3) is 11.3 Å². The van der Waals surface area contributed by atoms with Crippen LogP contribution in [0.1, 0.15) is 11.1 Å². The fraction of sp³-hybridized carbons (Fsp3) is 0.200. The number of ether oxygens (including phenoxy) is 1. The van der Waals surface area contributed by atoms with Gasteiger partial charge in [-0.05, 0) is 30.7 Å². The van der Waals surface area contributed by atoms with E-state index in [1.165, 1.54) is 6.21 Å². The standard InChI is InChI=1S/C15H17N3O/c1-10-6-14(18-9-15(10)19-3)11-4-5-13(17-2)12(7-11)8-16/h4-9,16-17H,1-3H3. The van der Waals surface area contributed by atoms with Gasteiger partial charge in [-0.1, -0.05) is 6.07 Å². The normalized spacial score (nSPS) is 10.1. The third kappa shape index (κ3) is 2.57. The van der Waals surface area contributed by atoms with Gasteiger partial charge >= 0.3 is 0 Å². The molecule has 0 fully saturated rings. The van der Waals surface area contributed by atoms with E-state index in [9.17, 15) is 0 Å². The van der Waals surface area contributed by atoms with Gasteiger partial charge < -0.3 is 15.5 Å². The van der Waals surface area contributed by atoms with Gasteiger partial charge in [0.1, 0.15) is 5.75 Å². The summed E-state index contributed by atoms with van der Waals surface area (Å²) in [6, 6.07) is 7.89. The molecule has 2 rings (SSSR count). The van der Waals surface area contributed by atoms with Gasteiger partial charge in [-0.25, -0.2) is 0 Å². The first kappa shape index (κ1) is 13.1. The first-order valence-corrected chi connectivity index (χ1v) is 6.03. The van der Waals surface area contributed by atoms with Crippen LogP contribution in [-0.2, 0) is 0 Å². The quantitative estimate of drug-likeness (QED) is 0.825. The van der Waals surface area contributed by atoms with Crippen molar-refractivity contribution >= 4 is 11.9 Å². The van der Waals surface area contributed by atoms with E-state index in [2.05, 4.69) is 10.3 Å². The lowest BCUT2D eigenvalue weighted by Crippen LogP contribution is -1.96. The maximum absolute atomic E-state index is 7.45. The molecule has 1 aromatic heterocycles. The van der Waals surface area contributed by atoms with Gasteiger partial charge in [0.25, 0.3) is 0 Å². The summed E-state index contributed by atoms with van der Waals surface area (Å²) in [6.07, 6.45) is 3.06. The second kappa shape index (κ2) is 5.52. The smallest absolute Gasteiger partial charge is 0.140 e. The minimum Gasteiger partial charge on any atom is -0.495 e. The summed E-state index contributed by atoms with van der Waals surface area (Å²) in [6.45, 7) is 1.99. The summed E-state index contributed by atoms with van der Waals surface area (Å²) < 4.78 is 5.21. The number of rotatable bonds is 4. The lowest BCUT2D eigenvalue weighted by atomic mass is 10.0. The number of nitrogens with zero attached hydrogens (tertiary/aromatic N) is 1. The molecule has 0 saturated heterocycles. The second-order valence-corrected chi connectivity index (χ2v) is 4.24. The Morgan fingerprint density at radius 1 is 1.32 bits per heavy atom. The molecule has 4 heteroatoms. The number of hydrogen-bond acceptors (Lipinski definition) is 4. The molecule has 0 bridgehead atoms. The Morgan fingerprint density at radius 2 is 2.11 bits per heavy atom. The monoisotopic (exact) mass is 255 g/mol. The number of hydrogen-bond donors (Lipinski definition) is 2. The predicted octanol–water partition coefficient (Wildman–Crippen LogP) is 3.10. The van der Waals surface area contributed by atoms with Crippen LogP contribution >= 0.6 is 0 Å². The van der Waals surface area contributed by atoms with Crippen molar-refractivity contribution in [2.75, 3.05) is 19.5 Å². The highest BCUT2D eigenvalue weighted by molar-refractivity contribution is 5.88. The third-order valence-electron chi connectivity index (χ3n) is 3.05. The van der Waals surface area contributed by atoms with E-state index in [0.29, 0.717) is 0 Å². The van der Waals surface area contributed by atoms with Crippen molar-refractivity contribution in [2.45, 2.75) is 6.92 Å². The number of aromatic nitrogens is 1. The first-order chi connectivity index (χ1) is 9.19. The van der Waals surface area contributed by atoms with E-state index < -0.39 is 0 Å². The zero-order valence-corrected chi connectivity index (χ0v) is 11.3. The second-order valence-electron chi connectivity index (χ2n) is 4.24. The summed E-state index contributed by atoms with van der Waals surface area (Å²) in [4.78, 5) is 4.39.